The van der Waals surface area contributed by atoms with Crippen molar-refractivity contribution in [1.29, 1.82) is 0 Å². The molecule has 0 unspecified atom stereocenters. The summed E-state index contributed by atoms with van der Waals surface area (Å²) in [7, 11) is 2.80. The van der Waals surface area contributed by atoms with Crippen molar-refractivity contribution in [2.45, 2.75) is 25.5 Å². The number of nitro benzene ring substituents is 1. The van der Waals surface area contributed by atoms with Crippen LogP contribution in [0.4, 0.5) is 17.1 Å². The molecule has 3 aromatic rings. The number of carbonyl (C=O) groups is 2. The Labute approximate surface area is 213 Å². The average molecular weight is 504 g/mol. The lowest BCUT2D eigenvalue weighted by atomic mass is 9.89. The fraction of sp³-hybridized carbons (Fsp3) is 0.259. The van der Waals surface area contributed by atoms with Crippen molar-refractivity contribution < 1.29 is 28.8 Å². The van der Waals surface area contributed by atoms with Gasteiger partial charge >= 0.3 is 0 Å². The van der Waals surface area contributed by atoms with E-state index in [1.54, 1.807) is 36.4 Å². The maximum atomic E-state index is 13.8. The third kappa shape index (κ3) is 3.95. The van der Waals surface area contributed by atoms with Gasteiger partial charge in [0, 0.05) is 0 Å². The fourth-order valence-electron chi connectivity index (χ4n) is 4.94. The molecule has 190 valence electrons. The number of hydrogen-bond donors (Lipinski definition) is 0. The number of anilines is 2. The molecule has 3 atom stereocenters. The number of ether oxygens (including phenoxy) is 2. The van der Waals surface area contributed by atoms with Crippen LogP contribution < -0.4 is 19.4 Å². The van der Waals surface area contributed by atoms with Crippen LogP contribution >= 0.6 is 0 Å². The number of nitro groups is 1. The van der Waals surface area contributed by atoms with Crippen LogP contribution in [0.25, 0.3) is 0 Å². The van der Waals surface area contributed by atoms with Crippen molar-refractivity contribution in [1.82, 2.24) is 0 Å². The number of imide groups is 1. The van der Waals surface area contributed by atoms with Crippen LogP contribution in [0.1, 0.15) is 24.1 Å². The zero-order valence-corrected chi connectivity index (χ0v) is 20.5. The molecule has 0 aliphatic carbocycles. The number of fused-ring (bicyclic) bond motifs is 1. The minimum atomic E-state index is -1.16. The Kier molecular flexibility index (Phi) is 6.26. The Morgan fingerprint density at radius 1 is 0.919 bits per heavy atom. The first-order valence-electron chi connectivity index (χ1n) is 11.8. The minimum absolute atomic E-state index is 0.170. The maximum Gasteiger partial charge on any atom is 0.278 e. The molecular formula is C27H25N3O7. The summed E-state index contributed by atoms with van der Waals surface area (Å²) in [6.45, 7) is 2.01. The zero-order chi connectivity index (χ0) is 26.3. The fourth-order valence-corrected chi connectivity index (χ4v) is 4.94. The van der Waals surface area contributed by atoms with Crippen LogP contribution in [0.3, 0.4) is 0 Å². The highest BCUT2D eigenvalue weighted by molar-refractivity contribution is 6.24. The SMILES string of the molecule is CCc1ccc(N2C(=O)[C@@H]3[C@H](ON(c4ccccc4)[C@H]3c3cc(OC)c(OC)cc3[N+](=O)[O-])C2=O)cc1. The van der Waals surface area contributed by atoms with Crippen molar-refractivity contribution in [2.75, 3.05) is 24.2 Å². The molecule has 2 saturated heterocycles. The molecular weight excluding hydrogens is 478 g/mol. The number of rotatable bonds is 7. The quantitative estimate of drug-likeness (QED) is 0.268. The van der Waals surface area contributed by atoms with E-state index in [0.717, 1.165) is 16.9 Å². The van der Waals surface area contributed by atoms with Gasteiger partial charge in [-0.1, -0.05) is 37.3 Å². The standard InChI is InChI=1S/C27H25N3O7/c1-4-16-10-12-17(13-11-16)28-26(31)23-24(19-14-21(35-2)22(36-3)15-20(19)30(33)34)29(37-25(23)27(28)32)18-8-6-5-7-9-18/h5-15,23-25H,4H2,1-3H3/t23-,24-,25-/m0/s1. The first-order chi connectivity index (χ1) is 17.9. The Morgan fingerprint density at radius 2 is 1.57 bits per heavy atom. The molecule has 2 fully saturated rings. The van der Waals surface area contributed by atoms with E-state index in [1.807, 2.05) is 25.1 Å². The van der Waals surface area contributed by atoms with Crippen LogP contribution in [0.5, 0.6) is 11.5 Å². The van der Waals surface area contributed by atoms with Crippen LogP contribution in [0, 0.1) is 16.0 Å². The van der Waals surface area contributed by atoms with E-state index in [-0.39, 0.29) is 22.7 Å². The summed E-state index contributed by atoms with van der Waals surface area (Å²) < 4.78 is 10.7. The second-order valence-corrected chi connectivity index (χ2v) is 8.71. The van der Waals surface area contributed by atoms with Crippen LogP contribution in [-0.2, 0) is 20.8 Å². The van der Waals surface area contributed by atoms with Gasteiger partial charge in [0.05, 0.1) is 42.1 Å². The van der Waals surface area contributed by atoms with Crippen LogP contribution in [0.15, 0.2) is 66.7 Å². The molecule has 10 nitrogen and oxygen atoms in total. The molecule has 2 heterocycles. The monoisotopic (exact) mass is 503 g/mol. The number of carbonyl (C=O) groups excluding carboxylic acids is 2. The molecule has 5 rings (SSSR count). The highest BCUT2D eigenvalue weighted by Crippen LogP contribution is 2.51. The molecule has 2 amide bonds. The van der Waals surface area contributed by atoms with Gasteiger partial charge in [-0.05, 0) is 42.3 Å². The second kappa shape index (κ2) is 9.55. The van der Waals surface area contributed by atoms with E-state index in [9.17, 15) is 19.7 Å². The summed E-state index contributed by atoms with van der Waals surface area (Å²) in [5, 5.41) is 13.6. The molecule has 10 heteroatoms. The summed E-state index contributed by atoms with van der Waals surface area (Å²) in [6, 6.07) is 17.8. The molecule has 0 spiro atoms. The third-order valence-electron chi connectivity index (χ3n) is 6.78. The van der Waals surface area contributed by atoms with Gasteiger partial charge in [-0.3, -0.25) is 24.5 Å². The van der Waals surface area contributed by atoms with Gasteiger partial charge in [0.15, 0.2) is 17.6 Å². The Balaban J connectivity index is 1.66. The van der Waals surface area contributed by atoms with Gasteiger partial charge in [0.25, 0.3) is 11.6 Å². The average Bonchev–Trinajstić information content (AvgIpc) is 3.43. The van der Waals surface area contributed by atoms with Crippen molar-refractivity contribution >= 4 is 28.9 Å². The number of hydrogen-bond acceptors (Lipinski definition) is 8. The van der Waals surface area contributed by atoms with Gasteiger partial charge < -0.3 is 9.47 Å². The van der Waals surface area contributed by atoms with Gasteiger partial charge in [0.1, 0.15) is 12.0 Å². The lowest BCUT2D eigenvalue weighted by molar-refractivity contribution is -0.385. The molecule has 37 heavy (non-hydrogen) atoms. The zero-order valence-electron chi connectivity index (χ0n) is 20.5. The smallest absolute Gasteiger partial charge is 0.278 e. The summed E-state index contributed by atoms with van der Waals surface area (Å²) in [5.74, 6) is -1.62. The van der Waals surface area contributed by atoms with Crippen LogP contribution in [0.2, 0.25) is 0 Å². The predicted octanol–water partition coefficient (Wildman–Crippen LogP) is 4.23. The molecule has 0 bridgehead atoms. The first-order valence-corrected chi connectivity index (χ1v) is 11.8. The Hall–Kier alpha value is -4.44. The van der Waals surface area contributed by atoms with Crippen molar-refractivity contribution in [3.05, 3.63) is 88.0 Å². The van der Waals surface area contributed by atoms with E-state index < -0.39 is 34.8 Å². The van der Waals surface area contributed by atoms with E-state index in [2.05, 4.69) is 0 Å². The molecule has 0 saturated carbocycles. The molecule has 2 aliphatic heterocycles. The largest absolute Gasteiger partial charge is 0.493 e. The van der Waals surface area contributed by atoms with Crippen LogP contribution in [-0.4, -0.2) is 37.1 Å². The minimum Gasteiger partial charge on any atom is -0.493 e. The highest BCUT2D eigenvalue weighted by atomic mass is 16.7. The number of para-hydroxylation sites is 1. The van der Waals surface area contributed by atoms with Crippen molar-refractivity contribution in [2.24, 2.45) is 5.92 Å². The summed E-state index contributed by atoms with van der Waals surface area (Å²) in [6.07, 6.45) is -0.343. The summed E-state index contributed by atoms with van der Waals surface area (Å²) in [5.41, 5.74) is 1.93. The van der Waals surface area contributed by atoms with Crippen molar-refractivity contribution in [3.63, 3.8) is 0 Å². The topological polar surface area (TPSA) is 111 Å². The van der Waals surface area contributed by atoms with Crippen molar-refractivity contribution in [3.8, 4) is 11.5 Å². The van der Waals surface area contributed by atoms with E-state index in [0.29, 0.717) is 11.4 Å². The van der Waals surface area contributed by atoms with Gasteiger partial charge in [0.2, 0.25) is 5.91 Å². The maximum absolute atomic E-state index is 13.8. The molecule has 3 aromatic carbocycles. The number of amides is 2. The highest BCUT2D eigenvalue weighted by Gasteiger charge is 2.61. The summed E-state index contributed by atoms with van der Waals surface area (Å²) in [4.78, 5) is 46.2. The summed E-state index contributed by atoms with van der Waals surface area (Å²) >= 11 is 0. The van der Waals surface area contributed by atoms with E-state index in [4.69, 9.17) is 14.3 Å². The number of methoxy groups -OCH3 is 2. The van der Waals surface area contributed by atoms with Gasteiger partial charge in [-0.2, -0.15) is 0 Å². The lowest BCUT2D eigenvalue weighted by Crippen LogP contribution is -2.37. The third-order valence-corrected chi connectivity index (χ3v) is 6.78. The number of benzene rings is 3. The molecule has 0 radical (unpaired) electrons. The number of nitrogens with zero attached hydrogens (tertiary/aromatic N) is 3. The Bertz CT molecular complexity index is 1360. The lowest BCUT2D eigenvalue weighted by Gasteiger charge is -2.29. The first kappa shape index (κ1) is 24.3. The Morgan fingerprint density at radius 3 is 2.16 bits per heavy atom. The van der Waals surface area contributed by atoms with E-state index >= 15 is 0 Å². The molecule has 0 N–H and O–H groups in total. The normalized spacial score (nSPS) is 20.8. The number of hydroxylamine groups is 1. The van der Waals surface area contributed by atoms with Gasteiger partial charge in [-0.15, -0.1) is 0 Å². The van der Waals surface area contributed by atoms with Gasteiger partial charge in [-0.25, -0.2) is 9.96 Å². The molecule has 0 aromatic heterocycles. The predicted molar refractivity (Wildman–Crippen MR) is 135 cm³/mol. The number of aryl methyl sites for hydroxylation is 1. The second-order valence-electron chi connectivity index (χ2n) is 8.71. The van der Waals surface area contributed by atoms with E-state index in [1.165, 1.54) is 31.4 Å². The molecule has 2 aliphatic rings.